The Morgan fingerprint density at radius 1 is 0.933 bits per heavy atom. The first-order chi connectivity index (χ1) is 14.6. The number of rotatable bonds is 6. The minimum Gasteiger partial charge on any atom is -0.496 e. The van der Waals surface area contributed by atoms with Crippen LogP contribution in [-0.4, -0.2) is 13.0 Å². The molecule has 150 valence electrons. The third kappa shape index (κ3) is 4.39. The van der Waals surface area contributed by atoms with Crippen LogP contribution in [0.5, 0.6) is 11.5 Å². The molecule has 0 bridgehead atoms. The number of carbonyl (C=O) groups is 1. The molecule has 1 amide bonds. The normalized spacial score (nSPS) is 10.6. The van der Waals surface area contributed by atoms with E-state index in [9.17, 15) is 4.79 Å². The van der Waals surface area contributed by atoms with Gasteiger partial charge in [0.2, 0.25) is 0 Å². The van der Waals surface area contributed by atoms with Crippen LogP contribution in [0.25, 0.3) is 10.8 Å². The number of benzene rings is 4. The Morgan fingerprint density at radius 3 is 2.50 bits per heavy atom. The van der Waals surface area contributed by atoms with Gasteiger partial charge in [-0.1, -0.05) is 48.0 Å². The van der Waals surface area contributed by atoms with E-state index in [4.69, 9.17) is 21.1 Å². The summed E-state index contributed by atoms with van der Waals surface area (Å²) in [4.78, 5) is 12.9. The molecule has 0 aromatic heterocycles. The second kappa shape index (κ2) is 8.89. The molecule has 0 saturated heterocycles. The van der Waals surface area contributed by atoms with Crippen molar-refractivity contribution < 1.29 is 14.3 Å². The molecule has 0 aliphatic rings. The number of methoxy groups -OCH3 is 1. The number of nitrogens with one attached hydrogen (secondary N) is 1. The molecule has 30 heavy (non-hydrogen) atoms. The number of ether oxygens (including phenoxy) is 2. The standard InChI is InChI=1S/C25H20ClNO3/c1-29-24-14-9-18(15-19(24)16-30-21-12-10-20(26)11-13-21)25(28)27-23-8-4-6-17-5-2-3-7-22(17)23/h2-15H,16H2,1H3,(H,27,28). The first-order valence-electron chi connectivity index (χ1n) is 9.48. The summed E-state index contributed by atoms with van der Waals surface area (Å²) >= 11 is 5.91. The van der Waals surface area contributed by atoms with Crippen molar-refractivity contribution in [3.63, 3.8) is 0 Å². The highest BCUT2D eigenvalue weighted by molar-refractivity contribution is 6.30. The number of carbonyl (C=O) groups excluding carboxylic acids is 1. The van der Waals surface area contributed by atoms with Gasteiger partial charge in [-0.3, -0.25) is 4.79 Å². The minimum absolute atomic E-state index is 0.193. The second-order valence-corrected chi connectivity index (χ2v) is 7.19. The smallest absolute Gasteiger partial charge is 0.255 e. The number of fused-ring (bicyclic) bond motifs is 1. The Balaban J connectivity index is 1.55. The van der Waals surface area contributed by atoms with Crippen LogP contribution in [0.2, 0.25) is 5.02 Å². The summed E-state index contributed by atoms with van der Waals surface area (Å²) < 4.78 is 11.3. The molecule has 4 rings (SSSR count). The molecule has 0 fully saturated rings. The van der Waals surface area contributed by atoms with Gasteiger partial charge in [0, 0.05) is 27.2 Å². The number of hydrogen-bond donors (Lipinski definition) is 1. The van der Waals surface area contributed by atoms with Gasteiger partial charge in [0.1, 0.15) is 18.1 Å². The van der Waals surface area contributed by atoms with Crippen LogP contribution in [0, 0.1) is 0 Å². The SMILES string of the molecule is COc1ccc(C(=O)Nc2cccc3ccccc23)cc1COc1ccc(Cl)cc1. The lowest BCUT2D eigenvalue weighted by atomic mass is 10.1. The number of halogens is 1. The molecule has 1 N–H and O–H groups in total. The van der Waals surface area contributed by atoms with Crippen LogP contribution in [-0.2, 0) is 6.61 Å². The monoisotopic (exact) mass is 417 g/mol. The van der Waals surface area contributed by atoms with Gasteiger partial charge in [-0.15, -0.1) is 0 Å². The summed E-state index contributed by atoms with van der Waals surface area (Å²) in [5.41, 5.74) is 2.07. The van der Waals surface area contributed by atoms with E-state index in [1.165, 1.54) is 0 Å². The van der Waals surface area contributed by atoms with Crippen molar-refractivity contribution >= 4 is 34.0 Å². The van der Waals surface area contributed by atoms with Gasteiger partial charge >= 0.3 is 0 Å². The van der Waals surface area contributed by atoms with Gasteiger partial charge < -0.3 is 14.8 Å². The quantitative estimate of drug-likeness (QED) is 0.398. The Morgan fingerprint density at radius 2 is 1.70 bits per heavy atom. The van der Waals surface area contributed by atoms with Gasteiger partial charge in [-0.05, 0) is 53.9 Å². The van der Waals surface area contributed by atoms with E-state index < -0.39 is 0 Å². The molecular weight excluding hydrogens is 398 g/mol. The summed E-state index contributed by atoms with van der Waals surface area (Å²) in [6.45, 7) is 0.264. The molecule has 0 aliphatic carbocycles. The summed E-state index contributed by atoms with van der Waals surface area (Å²) in [5.74, 6) is 1.15. The van der Waals surface area contributed by atoms with Gasteiger partial charge in [-0.25, -0.2) is 0 Å². The highest BCUT2D eigenvalue weighted by Gasteiger charge is 2.12. The molecule has 0 atom stereocenters. The molecule has 5 heteroatoms. The summed E-state index contributed by atoms with van der Waals surface area (Å²) in [7, 11) is 1.59. The van der Waals surface area contributed by atoms with E-state index in [0.717, 1.165) is 22.0 Å². The predicted molar refractivity (Wildman–Crippen MR) is 121 cm³/mol. The fraction of sp³-hybridized carbons (Fsp3) is 0.0800. The van der Waals surface area contributed by atoms with Gasteiger partial charge in [0.15, 0.2) is 0 Å². The number of hydrogen-bond acceptors (Lipinski definition) is 3. The minimum atomic E-state index is -0.193. The number of anilines is 1. The molecule has 0 saturated carbocycles. The van der Waals surface area contributed by atoms with Crippen molar-refractivity contribution in [3.8, 4) is 11.5 Å². The second-order valence-electron chi connectivity index (χ2n) is 6.75. The predicted octanol–water partition coefficient (Wildman–Crippen LogP) is 6.33. The zero-order valence-corrected chi connectivity index (χ0v) is 17.1. The Labute approximate surface area is 180 Å². The molecule has 4 nitrogen and oxygen atoms in total. The van der Waals surface area contributed by atoms with E-state index >= 15 is 0 Å². The Hall–Kier alpha value is -3.50. The molecule has 0 aliphatic heterocycles. The lowest BCUT2D eigenvalue weighted by Crippen LogP contribution is -2.13. The van der Waals surface area contributed by atoms with Gasteiger partial charge in [-0.2, -0.15) is 0 Å². The molecule has 0 heterocycles. The highest BCUT2D eigenvalue weighted by atomic mass is 35.5. The largest absolute Gasteiger partial charge is 0.496 e. The third-order valence-electron chi connectivity index (χ3n) is 4.79. The van der Waals surface area contributed by atoms with Crippen molar-refractivity contribution in [2.45, 2.75) is 6.61 Å². The fourth-order valence-electron chi connectivity index (χ4n) is 3.25. The zero-order valence-electron chi connectivity index (χ0n) is 16.4. The maximum absolute atomic E-state index is 12.9. The Kier molecular flexibility index (Phi) is 5.87. The van der Waals surface area contributed by atoms with E-state index in [2.05, 4.69) is 5.32 Å². The van der Waals surface area contributed by atoms with Crippen molar-refractivity contribution in [2.24, 2.45) is 0 Å². The lowest BCUT2D eigenvalue weighted by molar-refractivity contribution is 0.102. The third-order valence-corrected chi connectivity index (χ3v) is 5.04. The first kappa shape index (κ1) is 19.8. The lowest BCUT2D eigenvalue weighted by Gasteiger charge is -2.13. The molecule has 4 aromatic rings. The van der Waals surface area contributed by atoms with Crippen LogP contribution in [0.3, 0.4) is 0 Å². The fourth-order valence-corrected chi connectivity index (χ4v) is 3.38. The topological polar surface area (TPSA) is 47.6 Å². The van der Waals surface area contributed by atoms with Crippen LogP contribution in [0.4, 0.5) is 5.69 Å². The average Bonchev–Trinajstić information content (AvgIpc) is 2.78. The molecule has 0 radical (unpaired) electrons. The van der Waals surface area contributed by atoms with Crippen molar-refractivity contribution in [1.29, 1.82) is 0 Å². The molecular formula is C25H20ClNO3. The van der Waals surface area contributed by atoms with E-state index in [1.54, 1.807) is 49.6 Å². The zero-order chi connectivity index (χ0) is 20.9. The molecule has 0 unspecified atom stereocenters. The van der Waals surface area contributed by atoms with E-state index in [0.29, 0.717) is 22.1 Å². The van der Waals surface area contributed by atoms with Crippen molar-refractivity contribution in [1.82, 2.24) is 0 Å². The van der Waals surface area contributed by atoms with Crippen LogP contribution in [0.1, 0.15) is 15.9 Å². The molecule has 4 aromatic carbocycles. The van der Waals surface area contributed by atoms with Crippen molar-refractivity contribution in [2.75, 3.05) is 12.4 Å². The van der Waals surface area contributed by atoms with Crippen LogP contribution in [0.15, 0.2) is 84.9 Å². The first-order valence-corrected chi connectivity index (χ1v) is 9.86. The van der Waals surface area contributed by atoms with Crippen molar-refractivity contribution in [3.05, 3.63) is 101 Å². The Bertz CT molecular complexity index is 1180. The van der Waals surface area contributed by atoms with Crippen LogP contribution >= 0.6 is 11.6 Å². The highest BCUT2D eigenvalue weighted by Crippen LogP contribution is 2.26. The van der Waals surface area contributed by atoms with Gasteiger partial charge in [0.25, 0.3) is 5.91 Å². The summed E-state index contributed by atoms with van der Waals surface area (Å²) in [6.07, 6.45) is 0. The van der Waals surface area contributed by atoms with Gasteiger partial charge in [0.05, 0.1) is 7.11 Å². The van der Waals surface area contributed by atoms with E-state index in [-0.39, 0.29) is 12.5 Å². The van der Waals surface area contributed by atoms with E-state index in [1.807, 2.05) is 42.5 Å². The maximum atomic E-state index is 12.9. The maximum Gasteiger partial charge on any atom is 0.255 e. The molecule has 0 spiro atoms. The number of amides is 1. The summed E-state index contributed by atoms with van der Waals surface area (Å²) in [6, 6.07) is 26.2. The summed E-state index contributed by atoms with van der Waals surface area (Å²) in [5, 5.41) is 5.72. The van der Waals surface area contributed by atoms with Crippen LogP contribution < -0.4 is 14.8 Å². The average molecular weight is 418 g/mol.